The first-order valence-electron chi connectivity index (χ1n) is 7.25. The van der Waals surface area contributed by atoms with E-state index in [1.54, 1.807) is 0 Å². The molecule has 2 aromatic rings. The van der Waals surface area contributed by atoms with Gasteiger partial charge in [-0.25, -0.2) is 0 Å². The average Bonchev–Trinajstić information content (AvgIpc) is 2.47. The molecule has 1 atom stereocenters. The number of hydrogen-bond acceptors (Lipinski definition) is 2. The molecule has 3 nitrogen and oxygen atoms in total. The first-order valence-corrected chi connectivity index (χ1v) is 7.25. The van der Waals surface area contributed by atoms with Crippen molar-refractivity contribution in [3.8, 4) is 0 Å². The summed E-state index contributed by atoms with van der Waals surface area (Å²) in [6.45, 7) is 4.00. The Labute approximate surface area is 138 Å². The molecule has 3 N–H and O–H groups in total. The number of anilines is 1. The number of carbonyl (C=O) groups excluding carboxylic acids is 1. The number of hydrogen-bond donors (Lipinski definition) is 2. The maximum atomic E-state index is 11.9. The van der Waals surface area contributed by atoms with E-state index < -0.39 is 0 Å². The van der Waals surface area contributed by atoms with Gasteiger partial charge in [-0.2, -0.15) is 0 Å². The summed E-state index contributed by atoms with van der Waals surface area (Å²) in [7, 11) is 0. The second-order valence-electron chi connectivity index (χ2n) is 5.44. The molecule has 0 aliphatic heterocycles. The molecule has 1 unspecified atom stereocenters. The average molecular weight is 319 g/mol. The smallest absolute Gasteiger partial charge is 0.224 e. The Kier molecular flexibility index (Phi) is 7.09. The van der Waals surface area contributed by atoms with Crippen molar-refractivity contribution in [3.05, 3.63) is 65.2 Å². The van der Waals surface area contributed by atoms with Gasteiger partial charge in [0, 0.05) is 18.2 Å². The highest BCUT2D eigenvalue weighted by Crippen LogP contribution is 2.14. The Morgan fingerprint density at radius 3 is 2.23 bits per heavy atom. The van der Waals surface area contributed by atoms with Gasteiger partial charge in [0.25, 0.3) is 0 Å². The maximum absolute atomic E-state index is 11.9. The second kappa shape index (κ2) is 8.57. The fourth-order valence-electron chi connectivity index (χ4n) is 2.11. The van der Waals surface area contributed by atoms with Gasteiger partial charge in [-0.3, -0.25) is 4.79 Å². The van der Waals surface area contributed by atoms with E-state index in [0.717, 1.165) is 17.7 Å². The largest absolute Gasteiger partial charge is 0.326 e. The zero-order chi connectivity index (χ0) is 15.2. The van der Waals surface area contributed by atoms with Crippen molar-refractivity contribution < 1.29 is 4.79 Å². The molecule has 118 valence electrons. The Morgan fingerprint density at radius 1 is 1.09 bits per heavy atom. The Bertz CT molecular complexity index is 591. The van der Waals surface area contributed by atoms with Crippen LogP contribution in [0.3, 0.4) is 0 Å². The van der Waals surface area contributed by atoms with Gasteiger partial charge in [0.2, 0.25) is 5.91 Å². The lowest BCUT2D eigenvalue weighted by Gasteiger charge is -2.08. The summed E-state index contributed by atoms with van der Waals surface area (Å²) in [6, 6.07) is 16.0. The third-order valence-corrected chi connectivity index (χ3v) is 3.48. The lowest BCUT2D eigenvalue weighted by atomic mass is 10.1. The number of halogens is 1. The summed E-state index contributed by atoms with van der Waals surface area (Å²) in [5, 5.41) is 2.91. The molecule has 1 amide bonds. The molecule has 4 heteroatoms. The number of aryl methyl sites for hydroxylation is 2. The molecule has 0 aliphatic carbocycles. The molecule has 0 bridgehead atoms. The zero-order valence-electron chi connectivity index (χ0n) is 13.0. The van der Waals surface area contributed by atoms with Gasteiger partial charge in [-0.15, -0.1) is 12.4 Å². The fourth-order valence-corrected chi connectivity index (χ4v) is 2.11. The minimum atomic E-state index is 0. The minimum Gasteiger partial charge on any atom is -0.326 e. The number of amides is 1. The zero-order valence-corrected chi connectivity index (χ0v) is 13.8. The SMILES string of the molecule is Cc1ccc(CCC(=O)Nc2ccc(C(C)N)cc2)cc1.Cl. The summed E-state index contributed by atoms with van der Waals surface area (Å²) in [6.07, 6.45) is 1.24. The van der Waals surface area contributed by atoms with Crippen LogP contribution in [0, 0.1) is 6.92 Å². The maximum Gasteiger partial charge on any atom is 0.224 e. The third-order valence-electron chi connectivity index (χ3n) is 3.48. The van der Waals surface area contributed by atoms with Crippen LogP contribution in [0.1, 0.15) is 36.1 Å². The molecule has 0 fully saturated rings. The molecule has 0 radical (unpaired) electrons. The second-order valence-corrected chi connectivity index (χ2v) is 5.44. The topological polar surface area (TPSA) is 55.1 Å². The van der Waals surface area contributed by atoms with E-state index in [-0.39, 0.29) is 24.4 Å². The van der Waals surface area contributed by atoms with Crippen LogP contribution in [-0.2, 0) is 11.2 Å². The van der Waals surface area contributed by atoms with Crippen LogP contribution in [0.25, 0.3) is 0 Å². The first-order chi connectivity index (χ1) is 10.0. The van der Waals surface area contributed by atoms with Gasteiger partial charge in [-0.1, -0.05) is 42.0 Å². The minimum absolute atomic E-state index is 0. The molecule has 22 heavy (non-hydrogen) atoms. The highest BCUT2D eigenvalue weighted by atomic mass is 35.5. The standard InChI is InChI=1S/C18H22N2O.ClH/c1-13-3-5-15(6-4-13)7-12-18(21)20-17-10-8-16(9-11-17)14(2)19;/h3-6,8-11,14H,7,12,19H2,1-2H3,(H,20,21);1H. The van der Waals surface area contributed by atoms with Crippen LogP contribution in [0.15, 0.2) is 48.5 Å². The Hall–Kier alpha value is -1.84. The van der Waals surface area contributed by atoms with Crippen molar-refractivity contribution in [2.24, 2.45) is 5.73 Å². The van der Waals surface area contributed by atoms with Crippen molar-refractivity contribution in [3.63, 3.8) is 0 Å². The van der Waals surface area contributed by atoms with Gasteiger partial charge in [0.05, 0.1) is 0 Å². The summed E-state index contributed by atoms with van der Waals surface area (Å²) < 4.78 is 0. The van der Waals surface area contributed by atoms with Gasteiger partial charge in [-0.05, 0) is 43.5 Å². The van der Waals surface area contributed by atoms with Gasteiger partial charge in [0.1, 0.15) is 0 Å². The van der Waals surface area contributed by atoms with E-state index in [9.17, 15) is 4.79 Å². The van der Waals surface area contributed by atoms with E-state index in [4.69, 9.17) is 5.73 Å². The number of benzene rings is 2. The van der Waals surface area contributed by atoms with Crippen molar-refractivity contribution in [1.82, 2.24) is 0 Å². The summed E-state index contributed by atoms with van der Waals surface area (Å²) in [5.74, 6) is 0.0316. The van der Waals surface area contributed by atoms with Crippen LogP contribution in [0.5, 0.6) is 0 Å². The molecular formula is C18H23ClN2O. The lowest BCUT2D eigenvalue weighted by Crippen LogP contribution is -2.12. The molecule has 0 aliphatic rings. The van der Waals surface area contributed by atoms with Crippen LogP contribution < -0.4 is 11.1 Å². The van der Waals surface area contributed by atoms with Crippen LogP contribution in [0.4, 0.5) is 5.69 Å². The molecule has 0 aromatic heterocycles. The van der Waals surface area contributed by atoms with Crippen molar-refractivity contribution in [1.29, 1.82) is 0 Å². The number of carbonyl (C=O) groups is 1. The summed E-state index contributed by atoms with van der Waals surface area (Å²) in [5.41, 5.74) is 10.1. The number of rotatable bonds is 5. The van der Waals surface area contributed by atoms with Gasteiger partial charge in [0.15, 0.2) is 0 Å². The first kappa shape index (κ1) is 18.2. The van der Waals surface area contributed by atoms with E-state index in [1.807, 2.05) is 31.2 Å². The quantitative estimate of drug-likeness (QED) is 0.875. The van der Waals surface area contributed by atoms with E-state index in [2.05, 4.69) is 36.5 Å². The molecule has 0 heterocycles. The third kappa shape index (κ3) is 5.51. The normalized spacial score (nSPS) is 11.4. The van der Waals surface area contributed by atoms with Crippen molar-refractivity contribution >= 4 is 24.0 Å². The molecule has 2 aromatic carbocycles. The lowest BCUT2D eigenvalue weighted by molar-refractivity contribution is -0.116. The number of nitrogens with two attached hydrogens (primary N) is 1. The van der Waals surface area contributed by atoms with E-state index in [1.165, 1.54) is 11.1 Å². The monoisotopic (exact) mass is 318 g/mol. The van der Waals surface area contributed by atoms with Crippen molar-refractivity contribution in [2.45, 2.75) is 32.7 Å². The van der Waals surface area contributed by atoms with Crippen LogP contribution in [-0.4, -0.2) is 5.91 Å². The van der Waals surface area contributed by atoms with Crippen molar-refractivity contribution in [2.75, 3.05) is 5.32 Å². The van der Waals surface area contributed by atoms with E-state index >= 15 is 0 Å². The molecule has 0 saturated carbocycles. The van der Waals surface area contributed by atoms with E-state index in [0.29, 0.717) is 6.42 Å². The van der Waals surface area contributed by atoms with Gasteiger partial charge < -0.3 is 11.1 Å². The highest BCUT2D eigenvalue weighted by molar-refractivity contribution is 5.90. The van der Waals surface area contributed by atoms with Crippen LogP contribution >= 0.6 is 12.4 Å². The summed E-state index contributed by atoms with van der Waals surface area (Å²) >= 11 is 0. The highest BCUT2D eigenvalue weighted by Gasteiger charge is 2.04. The molecule has 0 spiro atoms. The molecule has 2 rings (SSSR count). The number of nitrogens with one attached hydrogen (secondary N) is 1. The fraction of sp³-hybridized carbons (Fsp3) is 0.278. The summed E-state index contributed by atoms with van der Waals surface area (Å²) in [4.78, 5) is 11.9. The predicted octanol–water partition coefficient (Wildman–Crippen LogP) is 4.01. The molecule has 0 saturated heterocycles. The van der Waals surface area contributed by atoms with Gasteiger partial charge >= 0.3 is 0 Å². The van der Waals surface area contributed by atoms with Crippen LogP contribution in [0.2, 0.25) is 0 Å². The molecular weight excluding hydrogens is 296 g/mol. The Balaban J connectivity index is 0.00000242. The predicted molar refractivity (Wildman–Crippen MR) is 94.4 cm³/mol. The Morgan fingerprint density at radius 2 is 1.68 bits per heavy atom.